The van der Waals surface area contributed by atoms with E-state index in [1.807, 2.05) is 49.0 Å². The number of hydrogen-bond donors (Lipinski definition) is 0. The number of nitrogens with zero attached hydrogens (tertiary/aromatic N) is 6. The molecule has 2 heterocycles. The summed E-state index contributed by atoms with van der Waals surface area (Å²) in [6, 6.07) is 9.49. The van der Waals surface area contributed by atoms with E-state index in [1.165, 1.54) is 23.5 Å². The first-order chi connectivity index (χ1) is 10.2. The van der Waals surface area contributed by atoms with Crippen LogP contribution in [0.2, 0.25) is 0 Å². The molecule has 0 N–H and O–H groups in total. The van der Waals surface area contributed by atoms with E-state index >= 15 is 0 Å². The molecule has 0 spiro atoms. The van der Waals surface area contributed by atoms with Crippen molar-refractivity contribution in [3.8, 4) is 5.69 Å². The summed E-state index contributed by atoms with van der Waals surface area (Å²) in [5.74, 6) is 0. The summed E-state index contributed by atoms with van der Waals surface area (Å²) in [7, 11) is 1.85. The molecular weight excluding hydrogens is 268 g/mol. The maximum atomic E-state index is 12.6. The van der Waals surface area contributed by atoms with Crippen molar-refractivity contribution < 1.29 is 0 Å². The second kappa shape index (κ2) is 5.20. The summed E-state index contributed by atoms with van der Waals surface area (Å²) in [5.41, 5.74) is 2.07. The zero-order chi connectivity index (χ0) is 14.8. The Morgan fingerprint density at radius 3 is 2.48 bits per heavy atom. The Hall–Kier alpha value is -2.96. The highest BCUT2D eigenvalue weighted by Gasteiger charge is 2.14. The lowest BCUT2D eigenvalue weighted by Gasteiger charge is -2.07. The predicted molar refractivity (Wildman–Crippen MR) is 78.8 cm³/mol. The summed E-state index contributed by atoms with van der Waals surface area (Å²) in [6.07, 6.45) is 4.45. The monoisotopic (exact) mass is 282 g/mol. The third-order valence-electron chi connectivity index (χ3n) is 3.33. The topological polar surface area (TPSA) is 70.0 Å². The van der Waals surface area contributed by atoms with Crippen LogP contribution < -0.4 is 5.56 Å². The third kappa shape index (κ3) is 2.29. The minimum atomic E-state index is -0.113. The zero-order valence-electron chi connectivity index (χ0n) is 11.7. The van der Waals surface area contributed by atoms with Gasteiger partial charge >= 0.3 is 0 Å². The molecule has 7 heteroatoms. The Kier molecular flexibility index (Phi) is 3.23. The van der Waals surface area contributed by atoms with Gasteiger partial charge in [0.1, 0.15) is 12.7 Å². The van der Waals surface area contributed by atoms with Crippen LogP contribution >= 0.6 is 0 Å². The van der Waals surface area contributed by atoms with Crippen molar-refractivity contribution in [3.05, 3.63) is 64.6 Å². The molecule has 0 saturated carbocycles. The molecule has 0 radical (unpaired) electrons. The van der Waals surface area contributed by atoms with Gasteiger partial charge in [-0.2, -0.15) is 5.10 Å². The molecule has 0 aliphatic rings. The van der Waals surface area contributed by atoms with Crippen molar-refractivity contribution in [2.75, 3.05) is 0 Å². The molecule has 0 saturated heterocycles. The van der Waals surface area contributed by atoms with E-state index in [9.17, 15) is 4.79 Å². The first-order valence-electron chi connectivity index (χ1n) is 6.41. The highest BCUT2D eigenvalue weighted by atomic mass is 16.1. The van der Waals surface area contributed by atoms with E-state index < -0.39 is 0 Å². The number of rotatable bonds is 3. The summed E-state index contributed by atoms with van der Waals surface area (Å²) in [5, 5.41) is 11.5. The van der Waals surface area contributed by atoms with Gasteiger partial charge in [-0.1, -0.05) is 18.2 Å². The molecule has 0 aliphatic carbocycles. The normalized spacial score (nSPS) is 11.3. The van der Waals surface area contributed by atoms with Gasteiger partial charge in [0.05, 0.1) is 17.5 Å². The first-order valence-corrected chi connectivity index (χ1v) is 6.41. The highest BCUT2D eigenvalue weighted by Crippen LogP contribution is 2.08. The standard InChI is InChI=1S/C14H14N6O/c1-11-13(8-17-19-9-15-16-10-19)14(21)20(18(11)2)12-6-4-3-5-7-12/h3-10H,1-2H3. The SMILES string of the molecule is Cc1c(C=Nn2cnnc2)c(=O)n(-c2ccccc2)n1C. The van der Waals surface area contributed by atoms with Gasteiger partial charge in [-0.3, -0.25) is 9.48 Å². The van der Waals surface area contributed by atoms with Gasteiger partial charge < -0.3 is 0 Å². The van der Waals surface area contributed by atoms with Crippen LogP contribution in [0.25, 0.3) is 5.69 Å². The van der Waals surface area contributed by atoms with Crippen LogP contribution in [0.4, 0.5) is 0 Å². The van der Waals surface area contributed by atoms with Gasteiger partial charge in [-0.25, -0.2) is 9.36 Å². The van der Waals surface area contributed by atoms with Crippen molar-refractivity contribution in [1.29, 1.82) is 0 Å². The molecule has 21 heavy (non-hydrogen) atoms. The summed E-state index contributed by atoms with van der Waals surface area (Å²) < 4.78 is 4.87. The molecule has 1 aromatic carbocycles. The Bertz CT molecular complexity index is 826. The van der Waals surface area contributed by atoms with Gasteiger partial charge in [0.15, 0.2) is 0 Å². The lowest BCUT2D eigenvalue weighted by molar-refractivity contribution is 0.630. The van der Waals surface area contributed by atoms with E-state index in [4.69, 9.17) is 0 Å². The third-order valence-corrected chi connectivity index (χ3v) is 3.33. The fourth-order valence-corrected chi connectivity index (χ4v) is 2.12. The van der Waals surface area contributed by atoms with Gasteiger partial charge in [-0.05, 0) is 19.1 Å². The van der Waals surface area contributed by atoms with Crippen molar-refractivity contribution in [2.24, 2.45) is 12.1 Å². The molecule has 0 fully saturated rings. The van der Waals surface area contributed by atoms with Crippen LogP contribution in [0.3, 0.4) is 0 Å². The Morgan fingerprint density at radius 1 is 1.14 bits per heavy atom. The van der Waals surface area contributed by atoms with Crippen molar-refractivity contribution in [2.45, 2.75) is 6.92 Å². The quantitative estimate of drug-likeness (QED) is 0.672. The lowest BCUT2D eigenvalue weighted by Crippen LogP contribution is -2.20. The van der Waals surface area contributed by atoms with Crippen molar-refractivity contribution in [3.63, 3.8) is 0 Å². The molecule has 106 valence electrons. The van der Waals surface area contributed by atoms with Crippen LogP contribution in [-0.4, -0.2) is 30.5 Å². The minimum Gasteiger partial charge on any atom is -0.285 e. The average molecular weight is 282 g/mol. The first kappa shape index (κ1) is 13.0. The Balaban J connectivity index is 2.10. The maximum Gasteiger partial charge on any atom is 0.280 e. The molecule has 0 bridgehead atoms. The summed E-state index contributed by atoms with van der Waals surface area (Å²) in [6.45, 7) is 1.88. The van der Waals surface area contributed by atoms with E-state index in [-0.39, 0.29) is 5.56 Å². The predicted octanol–water partition coefficient (Wildman–Crippen LogP) is 0.958. The molecular formula is C14H14N6O. The van der Waals surface area contributed by atoms with Crippen LogP contribution in [0.5, 0.6) is 0 Å². The molecule has 7 nitrogen and oxygen atoms in total. The van der Waals surface area contributed by atoms with Crippen molar-refractivity contribution in [1.82, 2.24) is 24.2 Å². The highest BCUT2D eigenvalue weighted by molar-refractivity contribution is 5.80. The number of para-hydroxylation sites is 1. The number of aromatic nitrogens is 5. The molecule has 0 amide bonds. The second-order valence-corrected chi connectivity index (χ2v) is 4.56. The molecule has 0 unspecified atom stereocenters. The van der Waals surface area contributed by atoms with Crippen molar-refractivity contribution >= 4 is 6.21 Å². The van der Waals surface area contributed by atoms with Gasteiger partial charge in [0, 0.05) is 12.7 Å². The summed E-state index contributed by atoms with van der Waals surface area (Å²) in [4.78, 5) is 12.6. The lowest BCUT2D eigenvalue weighted by atomic mass is 10.3. The summed E-state index contributed by atoms with van der Waals surface area (Å²) >= 11 is 0. The number of benzene rings is 1. The molecule has 3 rings (SSSR count). The molecule has 2 aromatic heterocycles. The van der Waals surface area contributed by atoms with E-state index in [2.05, 4.69) is 15.3 Å². The average Bonchev–Trinajstić information content (AvgIpc) is 3.08. The van der Waals surface area contributed by atoms with Crippen LogP contribution in [0.1, 0.15) is 11.3 Å². The second-order valence-electron chi connectivity index (χ2n) is 4.56. The fourth-order valence-electron chi connectivity index (χ4n) is 2.12. The van der Waals surface area contributed by atoms with Crippen LogP contribution in [-0.2, 0) is 7.05 Å². The molecule has 3 aromatic rings. The Morgan fingerprint density at radius 2 is 1.81 bits per heavy atom. The van der Waals surface area contributed by atoms with Gasteiger partial charge in [-0.15, -0.1) is 10.2 Å². The van der Waals surface area contributed by atoms with Gasteiger partial charge in [0.25, 0.3) is 5.56 Å². The smallest absolute Gasteiger partial charge is 0.280 e. The number of hydrogen-bond acceptors (Lipinski definition) is 4. The van der Waals surface area contributed by atoms with E-state index in [0.29, 0.717) is 5.56 Å². The fraction of sp³-hybridized carbons (Fsp3) is 0.143. The van der Waals surface area contributed by atoms with E-state index in [0.717, 1.165) is 11.4 Å². The maximum absolute atomic E-state index is 12.6. The minimum absolute atomic E-state index is 0.113. The molecule has 0 atom stereocenters. The van der Waals surface area contributed by atoms with Crippen LogP contribution in [0.15, 0.2) is 52.9 Å². The van der Waals surface area contributed by atoms with E-state index in [1.54, 1.807) is 4.68 Å². The van der Waals surface area contributed by atoms with Crippen LogP contribution in [0, 0.1) is 6.92 Å². The largest absolute Gasteiger partial charge is 0.285 e. The Labute approximate surface area is 120 Å². The van der Waals surface area contributed by atoms with Gasteiger partial charge in [0.2, 0.25) is 0 Å². The zero-order valence-corrected chi connectivity index (χ0v) is 11.7. The molecule has 0 aliphatic heterocycles.